The molecule has 0 aromatic rings. The average molecular weight is 1110 g/mol. The Morgan fingerprint density at radius 1 is 0.263 bits per heavy atom. The minimum Gasteiger partial charge on any atom is -0.462 e. The van der Waals surface area contributed by atoms with Crippen LogP contribution in [0.25, 0.3) is 0 Å². The van der Waals surface area contributed by atoms with Gasteiger partial charge in [0.05, 0.1) is 0 Å². The Hall–Kier alpha value is -4.45. The molecule has 0 bridgehead atoms. The van der Waals surface area contributed by atoms with Crippen molar-refractivity contribution in [2.45, 2.75) is 303 Å². The molecular weight excluding hydrogens is 985 g/mol. The Balaban J connectivity index is 4.33. The molecule has 1 unspecified atom stereocenters. The SMILES string of the molecule is CC/C=C\C/C=C\C/C=C\C/C=C\C/C=C\C/C=C\C/C=C\C/C=C\C/C=C\C/C=C\CCCCC(=O)OCC(COC(=O)CCCCCCCCCCCC)OC(=O)CCCCCCCCCCC/C=C\CCCCCCCC. The van der Waals surface area contributed by atoms with Crippen molar-refractivity contribution in [3.05, 3.63) is 134 Å². The smallest absolute Gasteiger partial charge is 0.306 e. The van der Waals surface area contributed by atoms with Crippen LogP contribution in [0.1, 0.15) is 297 Å². The highest BCUT2D eigenvalue weighted by molar-refractivity contribution is 5.71. The molecule has 6 nitrogen and oxygen atoms in total. The van der Waals surface area contributed by atoms with Gasteiger partial charge in [-0.15, -0.1) is 0 Å². The van der Waals surface area contributed by atoms with E-state index in [9.17, 15) is 14.4 Å². The lowest BCUT2D eigenvalue weighted by Gasteiger charge is -2.18. The lowest BCUT2D eigenvalue weighted by molar-refractivity contribution is -0.167. The number of esters is 3. The van der Waals surface area contributed by atoms with Crippen LogP contribution in [0, 0.1) is 0 Å². The number of hydrogen-bond acceptors (Lipinski definition) is 6. The summed E-state index contributed by atoms with van der Waals surface area (Å²) in [5.74, 6) is -0.938. The number of ether oxygens (including phenoxy) is 3. The molecule has 0 aliphatic rings. The maximum absolute atomic E-state index is 12.9. The predicted molar refractivity (Wildman–Crippen MR) is 348 cm³/mol. The summed E-state index contributed by atoms with van der Waals surface area (Å²) in [7, 11) is 0. The molecule has 0 heterocycles. The Morgan fingerprint density at radius 3 is 0.800 bits per heavy atom. The normalized spacial score (nSPS) is 13.0. The second-order valence-electron chi connectivity index (χ2n) is 21.6. The molecule has 0 spiro atoms. The molecular formula is C74H122O6. The zero-order chi connectivity index (χ0) is 57.8. The van der Waals surface area contributed by atoms with Crippen molar-refractivity contribution >= 4 is 17.9 Å². The molecule has 0 fully saturated rings. The van der Waals surface area contributed by atoms with Gasteiger partial charge in [0.25, 0.3) is 0 Å². The van der Waals surface area contributed by atoms with Crippen LogP contribution in [0.15, 0.2) is 134 Å². The highest BCUT2D eigenvalue weighted by atomic mass is 16.6. The van der Waals surface area contributed by atoms with E-state index >= 15 is 0 Å². The lowest BCUT2D eigenvalue weighted by Crippen LogP contribution is -2.30. The minimum absolute atomic E-state index is 0.0930. The third kappa shape index (κ3) is 64.4. The van der Waals surface area contributed by atoms with Gasteiger partial charge in [0.2, 0.25) is 0 Å². The van der Waals surface area contributed by atoms with E-state index in [1.165, 1.54) is 135 Å². The Kier molecular flexibility index (Phi) is 63.3. The number of carbonyl (C=O) groups excluding carboxylic acids is 3. The van der Waals surface area contributed by atoms with Crippen LogP contribution in [0.4, 0.5) is 0 Å². The lowest BCUT2D eigenvalue weighted by atomic mass is 10.1. The molecule has 1 atom stereocenters. The number of rotatable bonds is 59. The first-order valence-corrected chi connectivity index (χ1v) is 33.2. The van der Waals surface area contributed by atoms with E-state index in [0.717, 1.165) is 122 Å². The van der Waals surface area contributed by atoms with Crippen LogP contribution in [0.2, 0.25) is 0 Å². The summed E-state index contributed by atoms with van der Waals surface area (Å²) in [5, 5.41) is 0. The zero-order valence-electron chi connectivity index (χ0n) is 52.0. The topological polar surface area (TPSA) is 78.9 Å². The van der Waals surface area contributed by atoms with Crippen LogP contribution in [-0.4, -0.2) is 37.2 Å². The highest BCUT2D eigenvalue weighted by Crippen LogP contribution is 2.15. The largest absolute Gasteiger partial charge is 0.462 e. The average Bonchev–Trinajstić information content (AvgIpc) is 3.46. The first kappa shape index (κ1) is 75.5. The van der Waals surface area contributed by atoms with E-state index in [2.05, 4.69) is 154 Å². The van der Waals surface area contributed by atoms with Gasteiger partial charge in [-0.1, -0.05) is 289 Å². The van der Waals surface area contributed by atoms with Crippen molar-refractivity contribution in [3.63, 3.8) is 0 Å². The van der Waals surface area contributed by atoms with Crippen LogP contribution >= 0.6 is 0 Å². The summed E-state index contributed by atoms with van der Waals surface area (Å²) in [6.07, 6.45) is 94.7. The Labute approximate surface area is 494 Å². The van der Waals surface area contributed by atoms with E-state index < -0.39 is 6.10 Å². The van der Waals surface area contributed by atoms with Crippen LogP contribution in [-0.2, 0) is 28.6 Å². The fourth-order valence-corrected chi connectivity index (χ4v) is 8.94. The van der Waals surface area contributed by atoms with Gasteiger partial charge in [-0.05, 0) is 122 Å². The predicted octanol–water partition coefficient (Wildman–Crippen LogP) is 22.9. The summed E-state index contributed by atoms with van der Waals surface area (Å²) in [5.41, 5.74) is 0. The molecule has 0 amide bonds. The maximum atomic E-state index is 12.9. The molecule has 454 valence electrons. The van der Waals surface area contributed by atoms with Gasteiger partial charge < -0.3 is 14.2 Å². The van der Waals surface area contributed by atoms with Gasteiger partial charge in [-0.3, -0.25) is 14.4 Å². The van der Waals surface area contributed by atoms with Gasteiger partial charge in [0, 0.05) is 19.3 Å². The monoisotopic (exact) mass is 1110 g/mol. The minimum atomic E-state index is -0.799. The molecule has 0 radical (unpaired) electrons. The molecule has 0 rings (SSSR count). The quantitative estimate of drug-likeness (QED) is 0.0261. The standard InChI is InChI=1S/C74H122O6/c1-4-7-10-13-16-19-22-24-26-28-30-31-32-33-34-35-36-37-38-39-40-41-42-43-45-46-48-50-52-55-58-61-64-67-73(76)79-70-71(69-78-72(75)66-63-60-57-54-21-18-15-12-9-6-3)80-74(77)68-65-62-59-56-53-51-49-47-44-29-27-25-23-20-17-14-11-8-5-2/h7,10,16,19,24-27,30-31,33-34,36-37,39-40,42-43,46,48,52,55,71H,4-6,8-9,11-15,17-18,20-23,28-29,32,35,38,41,44-45,47,49-51,53-54,56-70H2,1-3H3/b10-7-,19-16-,26-24-,27-25-,31-30-,34-33-,37-36-,40-39-,43-42-,48-46-,55-52-. The number of carbonyl (C=O) groups is 3. The molecule has 0 aromatic heterocycles. The Morgan fingerprint density at radius 2 is 0.487 bits per heavy atom. The molecule has 6 heteroatoms. The molecule has 0 aliphatic heterocycles. The fraction of sp³-hybridized carbons (Fsp3) is 0.662. The van der Waals surface area contributed by atoms with E-state index in [0.29, 0.717) is 19.3 Å². The molecule has 0 aliphatic carbocycles. The van der Waals surface area contributed by atoms with E-state index in [-0.39, 0.29) is 31.1 Å². The van der Waals surface area contributed by atoms with Crippen molar-refractivity contribution in [1.82, 2.24) is 0 Å². The van der Waals surface area contributed by atoms with Crippen molar-refractivity contribution < 1.29 is 28.6 Å². The van der Waals surface area contributed by atoms with Gasteiger partial charge in [0.15, 0.2) is 6.10 Å². The van der Waals surface area contributed by atoms with Crippen molar-refractivity contribution in [3.8, 4) is 0 Å². The van der Waals surface area contributed by atoms with E-state index in [1.54, 1.807) is 0 Å². The van der Waals surface area contributed by atoms with Gasteiger partial charge in [0.1, 0.15) is 13.2 Å². The second kappa shape index (κ2) is 67.1. The summed E-state index contributed by atoms with van der Waals surface area (Å²) in [6.45, 7) is 6.48. The molecule has 80 heavy (non-hydrogen) atoms. The number of hydrogen-bond donors (Lipinski definition) is 0. The first-order valence-electron chi connectivity index (χ1n) is 33.2. The van der Waals surface area contributed by atoms with Crippen molar-refractivity contribution in [1.29, 1.82) is 0 Å². The van der Waals surface area contributed by atoms with Crippen LogP contribution < -0.4 is 0 Å². The molecule has 0 saturated heterocycles. The molecule has 0 saturated carbocycles. The number of unbranched alkanes of at least 4 members (excludes halogenated alkanes) is 26. The zero-order valence-corrected chi connectivity index (χ0v) is 52.0. The third-order valence-electron chi connectivity index (χ3n) is 13.9. The van der Waals surface area contributed by atoms with Crippen molar-refractivity contribution in [2.75, 3.05) is 13.2 Å². The van der Waals surface area contributed by atoms with Gasteiger partial charge >= 0.3 is 17.9 Å². The van der Waals surface area contributed by atoms with Crippen LogP contribution in [0.5, 0.6) is 0 Å². The first-order chi connectivity index (χ1) is 39.5. The summed E-state index contributed by atoms with van der Waals surface area (Å²) < 4.78 is 16.9. The second-order valence-corrected chi connectivity index (χ2v) is 21.6. The van der Waals surface area contributed by atoms with E-state index in [4.69, 9.17) is 14.2 Å². The van der Waals surface area contributed by atoms with E-state index in [1.807, 2.05) is 0 Å². The Bertz CT molecular complexity index is 1700. The van der Waals surface area contributed by atoms with Gasteiger partial charge in [-0.2, -0.15) is 0 Å². The summed E-state index contributed by atoms with van der Waals surface area (Å²) in [6, 6.07) is 0. The fourth-order valence-electron chi connectivity index (χ4n) is 8.94. The third-order valence-corrected chi connectivity index (χ3v) is 13.9. The van der Waals surface area contributed by atoms with Gasteiger partial charge in [-0.25, -0.2) is 0 Å². The summed E-state index contributed by atoms with van der Waals surface area (Å²) in [4.78, 5) is 38.2. The van der Waals surface area contributed by atoms with Crippen LogP contribution in [0.3, 0.4) is 0 Å². The van der Waals surface area contributed by atoms with Crippen molar-refractivity contribution in [2.24, 2.45) is 0 Å². The molecule has 0 aromatic carbocycles. The number of allylic oxidation sites excluding steroid dienone is 22. The molecule has 0 N–H and O–H groups in total. The highest BCUT2D eigenvalue weighted by Gasteiger charge is 2.19. The maximum Gasteiger partial charge on any atom is 0.306 e. The summed E-state index contributed by atoms with van der Waals surface area (Å²) >= 11 is 0.